The zero-order chi connectivity index (χ0) is 30.5. The first kappa shape index (κ1) is 37.1. The Kier molecular flexibility index (Phi) is 23.8. The Labute approximate surface area is 253 Å². The monoisotopic (exact) mass is 587 g/mol. The van der Waals surface area contributed by atoms with E-state index in [0.717, 1.165) is 18.4 Å². The lowest BCUT2D eigenvalue weighted by molar-refractivity contribution is -0.0173. The molecular formula is C33H53N3O6. The average molecular weight is 588 g/mol. The standard InChI is InChI=1S/C33H53N3O6/c1-6-13-32(8-3)35-18-12-17-34-30(4)36(5)33(14-7-2)42-28-27-40-24-23-38-20-19-37-21-22-39-25-26-41-29-31-15-10-9-11-16-31/h7,9-18,30,35H,2,6,8,19-29H2,1,3-5H3/b18-12+,32-13+,33-14+,34-17-. The number of aliphatic imine (C=N–C) groups is 1. The van der Waals surface area contributed by atoms with Crippen LogP contribution in [0.3, 0.4) is 0 Å². The first-order valence-corrected chi connectivity index (χ1v) is 14.9. The Morgan fingerprint density at radius 3 is 2.00 bits per heavy atom. The minimum absolute atomic E-state index is 0.111. The van der Waals surface area contributed by atoms with Gasteiger partial charge in [-0.25, -0.2) is 0 Å². The Morgan fingerprint density at radius 1 is 0.881 bits per heavy atom. The Morgan fingerprint density at radius 2 is 1.45 bits per heavy atom. The zero-order valence-corrected chi connectivity index (χ0v) is 26.2. The van der Waals surface area contributed by atoms with Gasteiger partial charge in [-0.3, -0.25) is 4.99 Å². The van der Waals surface area contributed by atoms with Crippen LogP contribution in [0.5, 0.6) is 0 Å². The largest absolute Gasteiger partial charge is 0.477 e. The normalized spacial score (nSPS) is 13.1. The van der Waals surface area contributed by atoms with Crippen molar-refractivity contribution in [3.63, 3.8) is 0 Å². The molecule has 0 aliphatic rings. The van der Waals surface area contributed by atoms with Gasteiger partial charge in [0, 0.05) is 25.2 Å². The maximum Gasteiger partial charge on any atom is 0.190 e. The van der Waals surface area contributed by atoms with Crippen LogP contribution in [0.4, 0.5) is 0 Å². The van der Waals surface area contributed by atoms with Gasteiger partial charge in [0.15, 0.2) is 5.88 Å². The van der Waals surface area contributed by atoms with Crippen LogP contribution in [0.15, 0.2) is 84.0 Å². The number of hydrogen-bond donors (Lipinski definition) is 1. The third-order valence-electron chi connectivity index (χ3n) is 5.83. The lowest BCUT2D eigenvalue weighted by Crippen LogP contribution is -2.29. The molecule has 1 unspecified atom stereocenters. The summed E-state index contributed by atoms with van der Waals surface area (Å²) < 4.78 is 33.7. The molecule has 0 fully saturated rings. The number of hydrogen-bond acceptors (Lipinski definition) is 9. The van der Waals surface area contributed by atoms with Crippen molar-refractivity contribution in [3.05, 3.63) is 84.6 Å². The van der Waals surface area contributed by atoms with Crippen molar-refractivity contribution < 1.29 is 28.4 Å². The molecule has 1 rings (SSSR count). The second-order valence-corrected chi connectivity index (χ2v) is 9.11. The minimum atomic E-state index is -0.111. The lowest BCUT2D eigenvalue weighted by atomic mass is 10.2. The summed E-state index contributed by atoms with van der Waals surface area (Å²) in [6, 6.07) is 10.1. The Bertz CT molecular complexity index is 904. The number of rotatable bonds is 27. The summed E-state index contributed by atoms with van der Waals surface area (Å²) in [6.07, 6.45) is 13.1. The van der Waals surface area contributed by atoms with E-state index in [0.29, 0.717) is 78.6 Å². The van der Waals surface area contributed by atoms with Gasteiger partial charge in [0.2, 0.25) is 0 Å². The molecule has 9 nitrogen and oxygen atoms in total. The molecule has 1 atom stereocenters. The molecule has 0 aliphatic heterocycles. The summed E-state index contributed by atoms with van der Waals surface area (Å²) in [5, 5.41) is 3.28. The molecule has 0 aromatic heterocycles. The third-order valence-corrected chi connectivity index (χ3v) is 5.83. The van der Waals surface area contributed by atoms with E-state index in [9.17, 15) is 0 Å². The molecule has 0 heterocycles. The van der Waals surface area contributed by atoms with Crippen molar-refractivity contribution in [1.82, 2.24) is 10.2 Å². The van der Waals surface area contributed by atoms with Gasteiger partial charge in [-0.15, -0.1) is 0 Å². The van der Waals surface area contributed by atoms with Gasteiger partial charge in [-0.05, 0) is 37.5 Å². The minimum Gasteiger partial charge on any atom is -0.477 e. The molecule has 9 heteroatoms. The smallest absolute Gasteiger partial charge is 0.190 e. The summed E-state index contributed by atoms with van der Waals surface area (Å²) in [6.45, 7) is 15.7. The van der Waals surface area contributed by atoms with Crippen LogP contribution in [0.2, 0.25) is 0 Å². The molecule has 1 aromatic rings. The van der Waals surface area contributed by atoms with E-state index in [-0.39, 0.29) is 6.17 Å². The van der Waals surface area contributed by atoms with Crippen LogP contribution in [-0.2, 0) is 35.0 Å². The van der Waals surface area contributed by atoms with Crippen molar-refractivity contribution in [2.24, 2.45) is 4.99 Å². The Hall–Kier alpha value is -2.95. The van der Waals surface area contributed by atoms with Crippen molar-refractivity contribution in [3.8, 4) is 0 Å². The van der Waals surface area contributed by atoms with Crippen LogP contribution in [0.25, 0.3) is 0 Å². The van der Waals surface area contributed by atoms with Gasteiger partial charge in [-0.1, -0.05) is 62.9 Å². The number of nitrogens with one attached hydrogen (secondary N) is 1. The fourth-order valence-electron chi connectivity index (χ4n) is 3.43. The van der Waals surface area contributed by atoms with Gasteiger partial charge >= 0.3 is 0 Å². The predicted octanol–water partition coefficient (Wildman–Crippen LogP) is 5.47. The first-order valence-electron chi connectivity index (χ1n) is 14.9. The molecule has 236 valence electrons. The van der Waals surface area contributed by atoms with Crippen molar-refractivity contribution in [2.45, 2.75) is 46.4 Å². The molecule has 0 aliphatic carbocycles. The molecule has 0 radical (unpaired) electrons. The van der Waals surface area contributed by atoms with E-state index in [2.05, 4.69) is 36.8 Å². The molecule has 42 heavy (non-hydrogen) atoms. The van der Waals surface area contributed by atoms with E-state index < -0.39 is 0 Å². The SMILES string of the molecule is C=C/C=C(/OCCOCCOCCOCCOCCOCc1ccccc1)N(C)C(C)/N=C\C=C\N/C(=C/CC)CC. The van der Waals surface area contributed by atoms with Crippen LogP contribution in [0, 0.1) is 0 Å². The summed E-state index contributed by atoms with van der Waals surface area (Å²) in [4.78, 5) is 6.51. The maximum atomic E-state index is 5.90. The highest BCUT2D eigenvalue weighted by molar-refractivity contribution is 5.71. The molecule has 0 saturated heterocycles. The highest BCUT2D eigenvalue weighted by atomic mass is 16.6. The molecule has 0 spiro atoms. The second kappa shape index (κ2) is 26.9. The lowest BCUT2D eigenvalue weighted by Gasteiger charge is -2.26. The van der Waals surface area contributed by atoms with E-state index in [1.807, 2.05) is 67.6 Å². The highest BCUT2D eigenvalue weighted by Gasteiger charge is 2.11. The van der Waals surface area contributed by atoms with Crippen LogP contribution in [-0.4, -0.2) is 90.4 Å². The third kappa shape index (κ3) is 20.0. The van der Waals surface area contributed by atoms with Crippen molar-refractivity contribution in [1.29, 1.82) is 0 Å². The number of benzene rings is 1. The van der Waals surface area contributed by atoms with E-state index in [1.165, 1.54) is 5.70 Å². The number of allylic oxidation sites excluding steroid dienone is 5. The van der Waals surface area contributed by atoms with E-state index in [1.54, 1.807) is 12.3 Å². The summed E-state index contributed by atoms with van der Waals surface area (Å²) >= 11 is 0. The molecular weight excluding hydrogens is 534 g/mol. The van der Waals surface area contributed by atoms with Crippen LogP contribution < -0.4 is 5.32 Å². The van der Waals surface area contributed by atoms with E-state index in [4.69, 9.17) is 28.4 Å². The number of ether oxygens (including phenoxy) is 6. The zero-order valence-electron chi connectivity index (χ0n) is 26.2. The highest BCUT2D eigenvalue weighted by Crippen LogP contribution is 2.10. The Balaban J connectivity index is 2.01. The average Bonchev–Trinajstić information content (AvgIpc) is 3.01. The predicted molar refractivity (Wildman–Crippen MR) is 170 cm³/mol. The molecule has 0 saturated carbocycles. The van der Waals surface area contributed by atoms with Gasteiger partial charge in [0.05, 0.1) is 66.1 Å². The van der Waals surface area contributed by atoms with Gasteiger partial charge in [-0.2, -0.15) is 0 Å². The molecule has 0 bridgehead atoms. The van der Waals surface area contributed by atoms with Gasteiger partial charge in [0.1, 0.15) is 12.8 Å². The van der Waals surface area contributed by atoms with Crippen molar-refractivity contribution in [2.75, 3.05) is 73.1 Å². The quantitative estimate of drug-likeness (QED) is 0.0628. The van der Waals surface area contributed by atoms with Gasteiger partial charge < -0.3 is 38.6 Å². The fraction of sp³-hybridized carbons (Fsp3) is 0.545. The summed E-state index contributed by atoms with van der Waals surface area (Å²) in [5.41, 5.74) is 2.36. The number of nitrogens with zero attached hydrogens (tertiary/aromatic N) is 2. The molecule has 1 N–H and O–H groups in total. The summed E-state index contributed by atoms with van der Waals surface area (Å²) in [5.74, 6) is 0.677. The van der Waals surface area contributed by atoms with Crippen LogP contribution in [0.1, 0.15) is 39.2 Å². The van der Waals surface area contributed by atoms with Gasteiger partial charge in [0.25, 0.3) is 0 Å². The molecule has 1 aromatic carbocycles. The van der Waals surface area contributed by atoms with E-state index >= 15 is 0 Å². The first-order chi connectivity index (χ1) is 20.6. The fourth-order valence-corrected chi connectivity index (χ4v) is 3.43. The second-order valence-electron chi connectivity index (χ2n) is 9.11. The van der Waals surface area contributed by atoms with Crippen LogP contribution >= 0.6 is 0 Å². The topological polar surface area (TPSA) is 83.0 Å². The molecule has 0 amide bonds. The van der Waals surface area contributed by atoms with Crippen molar-refractivity contribution >= 4 is 6.21 Å². The maximum absolute atomic E-state index is 5.90. The summed E-state index contributed by atoms with van der Waals surface area (Å²) in [7, 11) is 1.93.